The Morgan fingerprint density at radius 2 is 1.67 bits per heavy atom. The number of nitriles is 1. The highest BCUT2D eigenvalue weighted by Crippen LogP contribution is 2.37. The first-order valence-electron chi connectivity index (χ1n) is 5.38. The number of hydrogen-bond acceptors (Lipinski definition) is 2. The molecule has 0 saturated heterocycles. The number of benzene rings is 1. The minimum atomic E-state index is -4.45. The lowest BCUT2D eigenvalue weighted by Gasteiger charge is -2.28. The van der Waals surface area contributed by atoms with Crippen LogP contribution in [0.15, 0.2) is 24.3 Å². The summed E-state index contributed by atoms with van der Waals surface area (Å²) in [4.78, 5) is 0. The van der Waals surface area contributed by atoms with E-state index in [4.69, 9.17) is 9.69 Å². The summed E-state index contributed by atoms with van der Waals surface area (Å²) in [5.74, 6) is 0. The van der Waals surface area contributed by atoms with Gasteiger partial charge in [-0.05, 0) is 37.3 Å². The number of rotatable bonds is 3. The Bertz CT molecular complexity index is 442. The fourth-order valence-electron chi connectivity index (χ4n) is 1.41. The molecule has 1 aromatic carbocycles. The van der Waals surface area contributed by atoms with Crippen LogP contribution in [0.4, 0.5) is 13.2 Å². The zero-order chi connectivity index (χ0) is 14.0. The summed E-state index contributed by atoms with van der Waals surface area (Å²) in [6, 6.07) is 7.17. The van der Waals surface area contributed by atoms with Crippen LogP contribution in [0.3, 0.4) is 0 Å². The van der Waals surface area contributed by atoms with Crippen LogP contribution in [0.5, 0.6) is 0 Å². The van der Waals surface area contributed by atoms with Gasteiger partial charge in [0, 0.05) is 0 Å². The molecule has 98 valence electrons. The molecule has 1 atom stereocenters. The predicted octanol–water partition coefficient (Wildman–Crippen LogP) is 4.01. The van der Waals surface area contributed by atoms with Gasteiger partial charge in [0.2, 0.25) is 0 Å². The van der Waals surface area contributed by atoms with E-state index in [0.717, 1.165) is 0 Å². The smallest absolute Gasteiger partial charge is 0.403 e. The van der Waals surface area contributed by atoms with Gasteiger partial charge in [0.15, 0.2) is 14.4 Å². The Morgan fingerprint density at radius 1 is 1.17 bits per heavy atom. The van der Waals surface area contributed by atoms with Gasteiger partial charge in [-0.15, -0.1) is 0 Å². The van der Waals surface area contributed by atoms with Gasteiger partial charge in [-0.25, -0.2) is 0 Å². The van der Waals surface area contributed by atoms with Crippen LogP contribution in [0.25, 0.3) is 0 Å². The highest BCUT2D eigenvalue weighted by atomic mass is 28.4. The third-order valence-electron chi connectivity index (χ3n) is 2.11. The van der Waals surface area contributed by atoms with E-state index < -0.39 is 20.6 Å². The highest BCUT2D eigenvalue weighted by Gasteiger charge is 2.44. The molecule has 2 nitrogen and oxygen atoms in total. The standard InChI is InChI=1S/C12H14F3NOSi/c1-18(2,3)17-11(12(13,14)15)10-6-4-9(8-16)5-7-10/h4-7,11H,1-3H3. The maximum atomic E-state index is 13.0. The van der Waals surface area contributed by atoms with E-state index in [1.807, 2.05) is 6.07 Å². The largest absolute Gasteiger partial charge is 0.417 e. The maximum Gasteiger partial charge on any atom is 0.417 e. The molecule has 0 N–H and O–H groups in total. The van der Waals surface area contributed by atoms with Crippen molar-refractivity contribution in [2.45, 2.75) is 31.9 Å². The topological polar surface area (TPSA) is 33.0 Å². The Balaban J connectivity index is 3.07. The Morgan fingerprint density at radius 3 is 2.00 bits per heavy atom. The molecule has 1 rings (SSSR count). The minimum absolute atomic E-state index is 0.0314. The van der Waals surface area contributed by atoms with Crippen molar-refractivity contribution in [2.24, 2.45) is 0 Å². The van der Waals surface area contributed by atoms with Crippen LogP contribution in [0.2, 0.25) is 19.6 Å². The van der Waals surface area contributed by atoms with Crippen molar-refractivity contribution in [2.75, 3.05) is 0 Å². The monoisotopic (exact) mass is 273 g/mol. The molecule has 0 amide bonds. The van der Waals surface area contributed by atoms with E-state index in [9.17, 15) is 13.2 Å². The Labute approximate surface area is 105 Å². The molecule has 6 heteroatoms. The van der Waals surface area contributed by atoms with Crippen molar-refractivity contribution in [3.8, 4) is 6.07 Å². The summed E-state index contributed by atoms with van der Waals surface area (Å²) in [6.07, 6.45) is -6.37. The van der Waals surface area contributed by atoms with Crippen LogP contribution < -0.4 is 0 Å². The number of halogens is 3. The highest BCUT2D eigenvalue weighted by molar-refractivity contribution is 6.69. The third-order valence-corrected chi connectivity index (χ3v) is 3.05. The summed E-state index contributed by atoms with van der Waals surface area (Å²) in [5, 5.41) is 8.62. The van der Waals surface area contributed by atoms with Crippen LogP contribution in [0, 0.1) is 11.3 Å². The van der Waals surface area contributed by atoms with Crippen molar-refractivity contribution in [1.82, 2.24) is 0 Å². The van der Waals surface area contributed by atoms with Crippen LogP contribution in [0.1, 0.15) is 17.2 Å². The van der Waals surface area contributed by atoms with Crippen molar-refractivity contribution in [1.29, 1.82) is 5.26 Å². The quantitative estimate of drug-likeness (QED) is 0.779. The number of alkyl halides is 3. The van der Waals surface area contributed by atoms with Gasteiger partial charge in [0.1, 0.15) is 0 Å². The lowest BCUT2D eigenvalue weighted by molar-refractivity contribution is -0.200. The first kappa shape index (κ1) is 14.7. The normalized spacial score (nSPS) is 14.1. The number of hydrogen-bond donors (Lipinski definition) is 0. The van der Waals surface area contributed by atoms with E-state index >= 15 is 0 Å². The molecule has 0 aliphatic carbocycles. The molecule has 0 aromatic heterocycles. The molecule has 0 fully saturated rings. The van der Waals surface area contributed by atoms with E-state index in [1.54, 1.807) is 19.6 Å². The van der Waals surface area contributed by atoms with Gasteiger partial charge < -0.3 is 4.43 Å². The minimum Gasteiger partial charge on any atom is -0.403 e. The molecule has 1 unspecified atom stereocenters. The average molecular weight is 273 g/mol. The second kappa shape index (κ2) is 5.12. The first-order valence-corrected chi connectivity index (χ1v) is 8.79. The van der Waals surface area contributed by atoms with Crippen LogP contribution in [-0.2, 0) is 4.43 Å². The second-order valence-corrected chi connectivity index (χ2v) is 9.35. The van der Waals surface area contributed by atoms with Gasteiger partial charge in [0.05, 0.1) is 11.6 Å². The van der Waals surface area contributed by atoms with Gasteiger partial charge in [-0.3, -0.25) is 0 Å². The molecule has 0 bridgehead atoms. The van der Waals surface area contributed by atoms with E-state index in [2.05, 4.69) is 0 Å². The van der Waals surface area contributed by atoms with Crippen LogP contribution in [-0.4, -0.2) is 14.5 Å². The van der Waals surface area contributed by atoms with Gasteiger partial charge in [-0.1, -0.05) is 12.1 Å². The zero-order valence-electron chi connectivity index (χ0n) is 10.4. The lowest BCUT2D eigenvalue weighted by Crippen LogP contribution is -2.34. The molecule has 0 aliphatic heterocycles. The molecule has 0 saturated carbocycles. The fraction of sp³-hybridized carbons (Fsp3) is 0.417. The first-order chi connectivity index (χ1) is 8.13. The van der Waals surface area contributed by atoms with Crippen molar-refractivity contribution in [3.05, 3.63) is 35.4 Å². The van der Waals surface area contributed by atoms with Crippen molar-refractivity contribution >= 4 is 8.32 Å². The van der Waals surface area contributed by atoms with Crippen molar-refractivity contribution < 1.29 is 17.6 Å². The molecule has 1 aromatic rings. The lowest BCUT2D eigenvalue weighted by atomic mass is 10.1. The average Bonchev–Trinajstić information content (AvgIpc) is 2.24. The van der Waals surface area contributed by atoms with Gasteiger partial charge >= 0.3 is 6.18 Å². The molecular formula is C12H14F3NOSi. The maximum absolute atomic E-state index is 13.0. The number of nitrogens with zero attached hydrogens (tertiary/aromatic N) is 1. The summed E-state index contributed by atoms with van der Waals surface area (Å²) in [7, 11) is -2.32. The zero-order valence-corrected chi connectivity index (χ0v) is 11.4. The van der Waals surface area contributed by atoms with Gasteiger partial charge in [0.25, 0.3) is 0 Å². The molecule has 0 radical (unpaired) electrons. The molecule has 18 heavy (non-hydrogen) atoms. The molecule has 0 heterocycles. The Kier molecular flexibility index (Phi) is 4.19. The van der Waals surface area contributed by atoms with Crippen molar-refractivity contribution in [3.63, 3.8) is 0 Å². The van der Waals surface area contributed by atoms with Gasteiger partial charge in [-0.2, -0.15) is 18.4 Å². The molecule has 0 spiro atoms. The molecule has 0 aliphatic rings. The summed E-state index contributed by atoms with van der Waals surface area (Å²) in [6.45, 7) is 5.11. The fourth-order valence-corrected chi connectivity index (χ4v) is 2.39. The van der Waals surface area contributed by atoms with E-state index in [-0.39, 0.29) is 5.56 Å². The second-order valence-electron chi connectivity index (χ2n) is 4.89. The van der Waals surface area contributed by atoms with E-state index in [0.29, 0.717) is 5.56 Å². The third kappa shape index (κ3) is 4.16. The summed E-state index contributed by atoms with van der Waals surface area (Å²) >= 11 is 0. The Hall–Kier alpha value is -1.32. The predicted molar refractivity (Wildman–Crippen MR) is 64.4 cm³/mol. The van der Waals surface area contributed by atoms with Crippen LogP contribution >= 0.6 is 0 Å². The molecular weight excluding hydrogens is 259 g/mol. The summed E-state index contributed by atoms with van der Waals surface area (Å²) in [5.41, 5.74) is 0.358. The van der Waals surface area contributed by atoms with E-state index in [1.165, 1.54) is 24.3 Å². The SMILES string of the molecule is C[Si](C)(C)OC(c1ccc(C#N)cc1)C(F)(F)F. The summed E-state index contributed by atoms with van der Waals surface area (Å²) < 4.78 is 44.0.